The fourth-order valence-electron chi connectivity index (χ4n) is 1.75. The fraction of sp³-hybridized carbons (Fsp3) is 0.500. The topological polar surface area (TPSA) is 3.24 Å². The van der Waals surface area contributed by atoms with Gasteiger partial charge in [0.2, 0.25) is 0 Å². The number of benzene rings is 1. The van der Waals surface area contributed by atoms with Gasteiger partial charge in [0.1, 0.15) is 0 Å². The van der Waals surface area contributed by atoms with Crippen LogP contribution in [0.15, 0.2) is 12.1 Å². The lowest BCUT2D eigenvalue weighted by Crippen LogP contribution is -2.24. The molecular formula is C12H22INP4. The summed E-state index contributed by atoms with van der Waals surface area (Å²) in [5.74, 6) is 0. The van der Waals surface area contributed by atoms with Crippen LogP contribution in [0.5, 0.6) is 0 Å². The fourth-order valence-corrected chi connectivity index (χ4v) is 6.74. The molecule has 0 spiro atoms. The van der Waals surface area contributed by atoms with Crippen molar-refractivity contribution in [3.8, 4) is 0 Å². The Labute approximate surface area is 132 Å². The van der Waals surface area contributed by atoms with Gasteiger partial charge in [-0.05, 0) is 79.6 Å². The van der Waals surface area contributed by atoms with E-state index in [-0.39, 0.29) is 7.45 Å². The minimum absolute atomic E-state index is 0.0604. The first-order chi connectivity index (χ1) is 8.36. The lowest BCUT2D eigenvalue weighted by atomic mass is 10.0. The van der Waals surface area contributed by atoms with Gasteiger partial charge in [0.05, 0.1) is 0 Å². The van der Waals surface area contributed by atoms with Crippen molar-refractivity contribution in [1.82, 2.24) is 4.67 Å². The molecule has 0 fully saturated rings. The van der Waals surface area contributed by atoms with Gasteiger partial charge in [-0.2, -0.15) is 0 Å². The molecule has 102 valence electrons. The van der Waals surface area contributed by atoms with Gasteiger partial charge in [-0.15, -0.1) is 8.93 Å². The van der Waals surface area contributed by atoms with Gasteiger partial charge in [-0.3, -0.25) is 4.67 Å². The average Bonchev–Trinajstić information content (AvgIpc) is 2.33. The van der Waals surface area contributed by atoms with Crippen molar-refractivity contribution in [1.29, 1.82) is 0 Å². The van der Waals surface area contributed by atoms with Gasteiger partial charge >= 0.3 is 0 Å². The van der Waals surface area contributed by atoms with E-state index in [4.69, 9.17) is 0 Å². The molecule has 0 radical (unpaired) electrons. The lowest BCUT2D eigenvalue weighted by molar-refractivity contribution is 0.429. The van der Waals surface area contributed by atoms with Crippen LogP contribution in [0.1, 0.15) is 23.6 Å². The minimum atomic E-state index is -0.0604. The zero-order valence-corrected chi connectivity index (χ0v) is 17.7. The highest BCUT2D eigenvalue weighted by molar-refractivity contribution is 14.1. The first kappa shape index (κ1) is 17.7. The van der Waals surface area contributed by atoms with Gasteiger partial charge < -0.3 is 0 Å². The Bertz CT molecular complexity index is 413. The zero-order valence-electron chi connectivity index (χ0n) is 11.4. The van der Waals surface area contributed by atoms with Crippen LogP contribution in [0.25, 0.3) is 0 Å². The maximum Gasteiger partial charge on any atom is 0.0165 e. The molecule has 5 atom stereocenters. The van der Waals surface area contributed by atoms with E-state index in [9.17, 15) is 0 Å². The quantitative estimate of drug-likeness (QED) is 0.450. The largest absolute Gasteiger partial charge is 0.275 e. The summed E-state index contributed by atoms with van der Waals surface area (Å²) >= 11 is 2.47. The van der Waals surface area contributed by atoms with Crippen LogP contribution < -0.4 is 0 Å². The summed E-state index contributed by atoms with van der Waals surface area (Å²) in [6, 6.07) is 5.26. The van der Waals surface area contributed by atoms with Crippen LogP contribution in [0.2, 0.25) is 0 Å². The predicted octanol–water partition coefficient (Wildman–Crippen LogP) is 5.34. The molecule has 1 aromatic carbocycles. The molecule has 1 aromatic rings. The summed E-state index contributed by atoms with van der Waals surface area (Å²) < 4.78 is 3.91. The molecule has 4 unspecified atom stereocenters. The molecular weight excluding hydrogens is 409 g/mol. The molecule has 0 aliphatic heterocycles. The number of aryl methyl sites for hydroxylation is 2. The van der Waals surface area contributed by atoms with Gasteiger partial charge in [-0.1, -0.05) is 23.0 Å². The van der Waals surface area contributed by atoms with E-state index in [1.54, 1.807) is 0 Å². The summed E-state index contributed by atoms with van der Waals surface area (Å²) in [5.41, 5.74) is 4.28. The van der Waals surface area contributed by atoms with E-state index < -0.39 is 0 Å². The summed E-state index contributed by atoms with van der Waals surface area (Å²) in [6.07, 6.45) is 1.14. The molecule has 0 amide bonds. The molecule has 0 heterocycles. The van der Waals surface area contributed by atoms with Crippen LogP contribution in [0.3, 0.4) is 0 Å². The number of likely N-dealkylation sites (N-methyl/N-ethyl adjacent to an activating group) is 1. The third-order valence-corrected chi connectivity index (χ3v) is 14.9. The maximum absolute atomic E-state index is 2.99. The van der Waals surface area contributed by atoms with E-state index in [1.807, 2.05) is 0 Å². The lowest BCUT2D eigenvalue weighted by Gasteiger charge is -2.30. The van der Waals surface area contributed by atoms with Crippen LogP contribution in [-0.2, 0) is 6.42 Å². The predicted molar refractivity (Wildman–Crippen MR) is 104 cm³/mol. The zero-order chi connectivity index (χ0) is 13.9. The average molecular weight is 431 g/mol. The second-order valence-electron chi connectivity index (χ2n) is 4.63. The van der Waals surface area contributed by atoms with Crippen molar-refractivity contribution in [2.24, 2.45) is 0 Å². The van der Waals surface area contributed by atoms with Crippen molar-refractivity contribution < 1.29 is 0 Å². The minimum Gasteiger partial charge on any atom is -0.275 e. The molecule has 18 heavy (non-hydrogen) atoms. The van der Waals surface area contributed by atoms with Crippen LogP contribution >= 0.6 is 55.9 Å². The van der Waals surface area contributed by atoms with Gasteiger partial charge in [0.15, 0.2) is 0 Å². The van der Waals surface area contributed by atoms with Crippen molar-refractivity contribution in [2.45, 2.75) is 33.2 Å². The Morgan fingerprint density at radius 1 is 1.39 bits per heavy atom. The Morgan fingerprint density at radius 3 is 2.50 bits per heavy atom. The summed E-state index contributed by atoms with van der Waals surface area (Å²) in [4.78, 5) is 0. The van der Waals surface area contributed by atoms with Crippen LogP contribution in [-0.4, -0.2) is 17.8 Å². The Balaban J connectivity index is 2.81. The van der Waals surface area contributed by atoms with E-state index in [2.05, 4.69) is 85.1 Å². The highest BCUT2D eigenvalue weighted by Gasteiger charge is 2.16. The number of nitrogens with zero attached hydrogens (tertiary/aromatic N) is 1. The van der Waals surface area contributed by atoms with Gasteiger partial charge in [-0.25, -0.2) is 0 Å². The smallest absolute Gasteiger partial charge is 0.0165 e. The van der Waals surface area contributed by atoms with Gasteiger partial charge in [0.25, 0.3) is 0 Å². The Morgan fingerprint density at radius 2 is 1.94 bits per heavy atom. The highest BCUT2D eigenvalue weighted by atomic mass is 127. The van der Waals surface area contributed by atoms with E-state index in [1.165, 1.54) is 20.3 Å². The molecule has 0 N–H and O–H groups in total. The van der Waals surface area contributed by atoms with E-state index in [0.717, 1.165) is 14.4 Å². The highest BCUT2D eigenvalue weighted by Crippen LogP contribution is 2.68. The summed E-state index contributed by atoms with van der Waals surface area (Å²) in [5, 5.41) is 0. The SMILES string of the molecule is Cc1cc(I)c(C[C@@H](C)N(C)P(P)PP)cc1C. The Kier molecular flexibility index (Phi) is 8.02. The molecule has 0 aliphatic carbocycles. The normalized spacial score (nSPS) is 15.6. The molecule has 0 bridgehead atoms. The number of halogens is 1. The molecule has 0 saturated heterocycles. The second-order valence-corrected chi connectivity index (χ2v) is 14.9. The molecule has 0 saturated carbocycles. The monoisotopic (exact) mass is 431 g/mol. The van der Waals surface area contributed by atoms with Gasteiger partial charge in [0, 0.05) is 17.1 Å². The number of hydrogen-bond donors (Lipinski definition) is 0. The number of rotatable bonds is 5. The summed E-state index contributed by atoms with van der Waals surface area (Å²) in [6.45, 7) is 6.72. The summed E-state index contributed by atoms with van der Waals surface area (Å²) in [7, 11) is 8.98. The first-order valence-corrected chi connectivity index (χ1v) is 13.5. The maximum atomic E-state index is 2.99. The second kappa shape index (κ2) is 8.17. The molecule has 0 aliphatic rings. The van der Waals surface area contributed by atoms with E-state index in [0.29, 0.717) is 6.04 Å². The van der Waals surface area contributed by atoms with Crippen molar-refractivity contribution in [2.75, 3.05) is 7.05 Å². The molecule has 6 heteroatoms. The van der Waals surface area contributed by atoms with E-state index >= 15 is 0 Å². The third kappa shape index (κ3) is 4.87. The molecule has 0 aromatic heterocycles. The Hall–Kier alpha value is 1.63. The first-order valence-electron chi connectivity index (χ1n) is 5.86. The van der Waals surface area contributed by atoms with Crippen molar-refractivity contribution in [3.05, 3.63) is 32.4 Å². The van der Waals surface area contributed by atoms with Crippen molar-refractivity contribution in [3.63, 3.8) is 0 Å². The van der Waals surface area contributed by atoms with Crippen LogP contribution in [0.4, 0.5) is 0 Å². The molecule has 1 rings (SSSR count). The standard InChI is InChI=1S/C12H22INP4/c1-8-5-11(12(13)6-9(8)2)7-10(3)14(4)18(16)17-15/h5-6,10,17H,7,15-16H2,1-4H3/t10-,18?/m1/s1. The molecule has 1 nitrogen and oxygen atoms in total. The third-order valence-electron chi connectivity index (χ3n) is 3.29. The van der Waals surface area contributed by atoms with Crippen LogP contribution in [0, 0.1) is 17.4 Å². The number of hydrogen-bond acceptors (Lipinski definition) is 1. The van der Waals surface area contributed by atoms with Crippen molar-refractivity contribution >= 4 is 55.9 Å².